The number of thiazole rings is 2. The third kappa shape index (κ3) is 12.1. The van der Waals surface area contributed by atoms with Gasteiger partial charge in [-0.3, -0.25) is 9.18 Å². The number of aryl methyl sites for hydroxylation is 2. The molecule has 7 N–H and O–H groups in total. The number of hydrogen-bond donors (Lipinski definition) is 5. The molecule has 50 heavy (non-hydrogen) atoms. The first-order valence-corrected chi connectivity index (χ1v) is 16.5. The molecule has 1 unspecified atom stereocenters. The summed E-state index contributed by atoms with van der Waals surface area (Å²) in [6.45, 7) is 7.63. The van der Waals surface area contributed by atoms with E-state index in [2.05, 4.69) is 55.5 Å². The van der Waals surface area contributed by atoms with Gasteiger partial charge in [0.25, 0.3) is 5.91 Å². The van der Waals surface area contributed by atoms with E-state index in [1.165, 1.54) is 30.6 Å². The van der Waals surface area contributed by atoms with Gasteiger partial charge in [-0.2, -0.15) is 27.5 Å². The number of carboxylic acids is 1. The fourth-order valence-corrected chi connectivity index (χ4v) is 6.14. The Hall–Kier alpha value is -4.00. The maximum atomic E-state index is 13.1. The van der Waals surface area contributed by atoms with Crippen molar-refractivity contribution in [2.45, 2.75) is 71.9 Å². The summed E-state index contributed by atoms with van der Waals surface area (Å²) >= 11 is 2.33. The average Bonchev–Trinajstić information content (AvgIpc) is 3.55. The highest BCUT2D eigenvalue weighted by Gasteiger charge is 2.39. The number of nitrogens with one attached hydrogen (secondary N) is 3. The van der Waals surface area contributed by atoms with Crippen molar-refractivity contribution in [3.63, 3.8) is 0 Å². The van der Waals surface area contributed by atoms with Crippen molar-refractivity contribution in [3.05, 3.63) is 69.2 Å². The molecule has 0 aromatic carbocycles. The van der Waals surface area contributed by atoms with Gasteiger partial charge >= 0.3 is 5.97 Å². The van der Waals surface area contributed by atoms with E-state index in [1.807, 2.05) is 0 Å². The molecular weight excluding hydrogens is 727 g/mol. The molecule has 0 aliphatic heterocycles. The van der Waals surface area contributed by atoms with E-state index < -0.39 is 36.9 Å². The van der Waals surface area contributed by atoms with Crippen molar-refractivity contribution in [1.29, 1.82) is 0 Å². The van der Waals surface area contributed by atoms with E-state index in [4.69, 9.17) is 6.48 Å². The van der Waals surface area contributed by atoms with Gasteiger partial charge in [0.05, 0.1) is 14.6 Å². The molecule has 0 saturated heterocycles. The smallest absolute Gasteiger partial charge is 0.355 e. The summed E-state index contributed by atoms with van der Waals surface area (Å²) in [5.74, 6) is -5.15. The number of hydrogen-bond acceptors (Lipinski definition) is 10. The lowest BCUT2D eigenvalue weighted by atomic mass is 9.67. The topological polar surface area (TPSA) is 170 Å². The SMILES string of the molecule is Cc1sc(Nc2cc(F)nc(F)c2)nc1C(=O)NC1CCC1(C)C.Cc1sc(Nc2cc(F)nc(F)c2)nc1C(=O)O.[2H]CF.[Cl-].[NH3+]C1CCC1. The number of rotatable bonds is 7. The van der Waals surface area contributed by atoms with Crippen LogP contribution in [0.4, 0.5) is 43.6 Å². The first kappa shape index (κ1) is 40.4. The highest BCUT2D eigenvalue weighted by atomic mass is 35.5. The van der Waals surface area contributed by atoms with Crippen LogP contribution >= 0.6 is 22.7 Å². The molecule has 2 aliphatic rings. The van der Waals surface area contributed by atoms with Crippen molar-refractivity contribution in [3.8, 4) is 0 Å². The molecule has 2 saturated carbocycles. The predicted octanol–water partition coefficient (Wildman–Crippen LogP) is 3.72. The van der Waals surface area contributed by atoms with Crippen LogP contribution in [0.2, 0.25) is 0 Å². The van der Waals surface area contributed by atoms with Crippen molar-refractivity contribution in [1.82, 2.24) is 25.3 Å². The molecule has 4 aromatic rings. The number of carbonyl (C=O) groups is 2. The van der Waals surface area contributed by atoms with Crippen LogP contribution in [-0.2, 0) is 0 Å². The van der Waals surface area contributed by atoms with Crippen LogP contribution in [-0.4, -0.2) is 56.2 Å². The number of halogens is 6. The molecule has 0 spiro atoms. The van der Waals surface area contributed by atoms with Crippen molar-refractivity contribution in [2.24, 2.45) is 5.41 Å². The molecule has 0 bridgehead atoms. The average molecular weight is 766 g/mol. The Balaban J connectivity index is 0.000000293. The Morgan fingerprint density at radius 3 is 1.56 bits per heavy atom. The van der Waals surface area contributed by atoms with Gasteiger partial charge in [0.15, 0.2) is 16.0 Å². The number of amides is 1. The third-order valence-corrected chi connectivity index (χ3v) is 9.36. The standard InChI is InChI=1S/C16H18F2N4OS.C10H7F2N3O2S.C4H9N.CH3F.ClH/c1-8-13(14(23)20-10-4-5-16(10,2)3)22-15(24-8)19-9-6-11(17)21-12(18)7-9;1-4-8(9(16)17)15-10(18-4)13-5-2-6(11)14-7(12)3-5;5-4-2-1-3-4;1-2;/h6-7,10H,4-5H2,1-3H3,(H,20,23)(H,19,21,22);2-3H,1H3,(H,16,17)(H,13,14,15);4H,1-3,5H2;1H3;1H/i;;;1D;. The summed E-state index contributed by atoms with van der Waals surface area (Å²) in [6, 6.07) is 5.06. The van der Waals surface area contributed by atoms with E-state index in [9.17, 15) is 31.5 Å². The van der Waals surface area contributed by atoms with Crippen LogP contribution in [0.15, 0.2) is 24.3 Å². The van der Waals surface area contributed by atoms with Crippen LogP contribution in [0, 0.1) is 43.1 Å². The van der Waals surface area contributed by atoms with Gasteiger partial charge in [0, 0.05) is 51.4 Å². The first-order valence-electron chi connectivity index (χ1n) is 15.6. The molecule has 6 rings (SSSR count). The summed E-state index contributed by atoms with van der Waals surface area (Å²) in [6.07, 6.45) is 6.22. The van der Waals surface area contributed by atoms with E-state index in [0.717, 1.165) is 59.4 Å². The number of carboxylic acid groups (broad SMARTS) is 1. The first-order chi connectivity index (χ1) is 23.5. The number of anilines is 4. The monoisotopic (exact) mass is 765 g/mol. The van der Waals surface area contributed by atoms with Crippen molar-refractivity contribution < 1.29 is 56.2 Å². The molecule has 274 valence electrons. The lowest BCUT2D eigenvalue weighted by molar-refractivity contribution is -0.437. The summed E-state index contributed by atoms with van der Waals surface area (Å²) in [7, 11) is -1.00. The lowest BCUT2D eigenvalue weighted by Crippen LogP contribution is -3.00. The largest absolute Gasteiger partial charge is 1.00 e. The zero-order valence-corrected chi connectivity index (χ0v) is 29.9. The Morgan fingerprint density at radius 2 is 1.26 bits per heavy atom. The van der Waals surface area contributed by atoms with Gasteiger partial charge in [0.1, 0.15) is 5.69 Å². The van der Waals surface area contributed by atoms with E-state index in [-0.39, 0.29) is 52.0 Å². The van der Waals surface area contributed by atoms with Gasteiger partial charge in [0.2, 0.25) is 23.8 Å². The molecular formula is C31H38ClF5N8O3S2. The molecule has 1 amide bonds. The Morgan fingerprint density at radius 1 is 0.860 bits per heavy atom. The molecule has 1 atom stereocenters. The fourth-order valence-electron chi connectivity index (χ4n) is 4.48. The summed E-state index contributed by atoms with van der Waals surface area (Å²) in [5, 5.41) is 17.9. The maximum absolute atomic E-state index is 13.1. The number of quaternary nitrogens is 1. The minimum atomic E-state index is -1.15. The molecule has 2 fully saturated rings. The second kappa shape index (κ2) is 18.8. The van der Waals surface area contributed by atoms with Gasteiger partial charge in [-0.25, -0.2) is 14.8 Å². The second-order valence-electron chi connectivity index (χ2n) is 11.8. The van der Waals surface area contributed by atoms with Gasteiger partial charge < -0.3 is 39.2 Å². The molecule has 4 aromatic heterocycles. The van der Waals surface area contributed by atoms with Gasteiger partial charge in [-0.15, -0.1) is 22.7 Å². The van der Waals surface area contributed by atoms with E-state index in [0.29, 0.717) is 15.7 Å². The van der Waals surface area contributed by atoms with Gasteiger partial charge in [-0.05, 0) is 51.4 Å². The van der Waals surface area contributed by atoms with Crippen LogP contribution < -0.4 is 34.1 Å². The quantitative estimate of drug-likeness (QED) is 0.139. The molecule has 4 heterocycles. The highest BCUT2D eigenvalue weighted by molar-refractivity contribution is 7.16. The summed E-state index contributed by atoms with van der Waals surface area (Å²) < 4.78 is 67.4. The van der Waals surface area contributed by atoms with Crippen LogP contribution in [0.1, 0.15) is 78.1 Å². The molecule has 11 nitrogen and oxygen atoms in total. The van der Waals surface area contributed by atoms with Gasteiger partial charge in [-0.1, -0.05) is 13.8 Å². The minimum absolute atomic E-state index is 0. The van der Waals surface area contributed by atoms with Crippen LogP contribution in [0.5, 0.6) is 0 Å². The number of aromatic carboxylic acids is 1. The summed E-state index contributed by atoms with van der Waals surface area (Å²) in [4.78, 5) is 38.5. The third-order valence-electron chi connectivity index (χ3n) is 7.59. The van der Waals surface area contributed by atoms with Crippen molar-refractivity contribution >= 4 is 56.2 Å². The van der Waals surface area contributed by atoms with E-state index in [1.54, 1.807) is 13.8 Å². The normalized spacial score (nSPS) is 15.7. The van der Waals surface area contributed by atoms with Crippen LogP contribution in [0.25, 0.3) is 0 Å². The van der Waals surface area contributed by atoms with E-state index >= 15 is 0 Å². The molecule has 0 radical (unpaired) electrons. The number of carbonyl (C=O) groups excluding carboxylic acids is 1. The van der Waals surface area contributed by atoms with Crippen molar-refractivity contribution in [2.75, 3.05) is 17.8 Å². The molecule has 2 aliphatic carbocycles. The lowest BCUT2D eigenvalue weighted by Gasteiger charge is -2.44. The number of pyridine rings is 2. The zero-order valence-electron chi connectivity index (χ0n) is 28.6. The maximum Gasteiger partial charge on any atom is 0.355 e. The predicted molar refractivity (Wildman–Crippen MR) is 177 cm³/mol. The molecule has 19 heteroatoms. The fraction of sp³-hybridized carbons (Fsp3) is 0.419. The minimum Gasteiger partial charge on any atom is -1.00 e. The Bertz CT molecular complexity index is 1740. The van der Waals surface area contributed by atoms with Crippen LogP contribution in [0.3, 0.4) is 0 Å². The summed E-state index contributed by atoms with van der Waals surface area (Å²) in [5.41, 5.74) is 4.51. The number of aromatic nitrogens is 4. The number of alkyl halides is 1. The second-order valence-corrected chi connectivity index (χ2v) is 14.2. The Kier molecular flexibility index (Phi) is 15.2. The number of nitrogens with zero attached hydrogens (tertiary/aromatic N) is 4. The Labute approximate surface area is 301 Å². The highest BCUT2D eigenvalue weighted by Crippen LogP contribution is 2.40. The zero-order chi connectivity index (χ0) is 37.2.